The van der Waals surface area contributed by atoms with Gasteiger partial charge in [0.15, 0.2) is 11.6 Å². The fraction of sp³-hybridized carbons (Fsp3) is 0.429. The fourth-order valence-electron chi connectivity index (χ4n) is 2.27. The quantitative estimate of drug-likeness (QED) is 0.816. The van der Waals surface area contributed by atoms with Crippen LogP contribution in [0.4, 0.5) is 4.39 Å². The van der Waals surface area contributed by atoms with E-state index in [1.807, 2.05) is 0 Å². The van der Waals surface area contributed by atoms with E-state index in [0.29, 0.717) is 5.56 Å². The molecule has 0 heterocycles. The van der Waals surface area contributed by atoms with Crippen molar-refractivity contribution in [1.82, 2.24) is 0 Å². The first-order chi connectivity index (χ1) is 8.24. The first-order valence-corrected chi connectivity index (χ1v) is 5.89. The molecule has 0 radical (unpaired) electrons. The summed E-state index contributed by atoms with van der Waals surface area (Å²) in [6, 6.07) is 4.90. The lowest BCUT2D eigenvalue weighted by Gasteiger charge is -2.24. The fourth-order valence-corrected chi connectivity index (χ4v) is 2.27. The van der Waals surface area contributed by atoms with Crippen molar-refractivity contribution in [1.29, 1.82) is 0 Å². The summed E-state index contributed by atoms with van der Waals surface area (Å²) in [5.74, 6) is -0.161. The Hall–Kier alpha value is -1.35. The number of halogens is 1. The van der Waals surface area contributed by atoms with E-state index in [2.05, 4.69) is 12.2 Å². The molecule has 1 aliphatic carbocycles. The number of aliphatic hydroxyl groups is 1. The second-order valence-electron chi connectivity index (χ2n) is 4.35. The maximum absolute atomic E-state index is 14.0. The van der Waals surface area contributed by atoms with Gasteiger partial charge >= 0.3 is 0 Å². The number of hydrogen-bond donors (Lipinski definition) is 1. The average molecular weight is 236 g/mol. The Morgan fingerprint density at radius 1 is 1.41 bits per heavy atom. The van der Waals surface area contributed by atoms with Crippen LogP contribution in [0.3, 0.4) is 0 Å². The minimum absolute atomic E-state index is 0.0987. The van der Waals surface area contributed by atoms with Crippen LogP contribution in [0, 0.1) is 11.7 Å². The van der Waals surface area contributed by atoms with Gasteiger partial charge in [0.25, 0.3) is 0 Å². The molecule has 1 aromatic carbocycles. The van der Waals surface area contributed by atoms with E-state index in [9.17, 15) is 9.50 Å². The highest BCUT2D eigenvalue weighted by Gasteiger charge is 2.24. The van der Waals surface area contributed by atoms with Crippen LogP contribution in [-0.4, -0.2) is 12.2 Å². The monoisotopic (exact) mass is 236 g/mol. The van der Waals surface area contributed by atoms with E-state index in [0.717, 1.165) is 19.3 Å². The Morgan fingerprint density at radius 2 is 2.24 bits per heavy atom. The van der Waals surface area contributed by atoms with Gasteiger partial charge in [0.1, 0.15) is 0 Å². The third kappa shape index (κ3) is 2.50. The van der Waals surface area contributed by atoms with E-state index in [-0.39, 0.29) is 11.7 Å². The lowest BCUT2D eigenvalue weighted by Crippen LogP contribution is -2.15. The highest BCUT2D eigenvalue weighted by Crippen LogP contribution is 2.34. The van der Waals surface area contributed by atoms with Gasteiger partial charge in [-0.25, -0.2) is 4.39 Å². The van der Waals surface area contributed by atoms with Gasteiger partial charge in [-0.15, -0.1) is 0 Å². The third-order valence-corrected chi connectivity index (χ3v) is 3.29. The van der Waals surface area contributed by atoms with Crippen molar-refractivity contribution in [3.05, 3.63) is 41.7 Å². The van der Waals surface area contributed by atoms with Gasteiger partial charge in [0.2, 0.25) is 0 Å². The molecule has 0 bridgehead atoms. The number of aliphatic hydroxyl groups excluding tert-OH is 1. The molecule has 0 spiro atoms. The first kappa shape index (κ1) is 12.1. The summed E-state index contributed by atoms with van der Waals surface area (Å²) in [5, 5.41) is 10.2. The van der Waals surface area contributed by atoms with Crippen molar-refractivity contribution < 1.29 is 14.2 Å². The second kappa shape index (κ2) is 5.32. The van der Waals surface area contributed by atoms with Gasteiger partial charge in [-0.1, -0.05) is 24.3 Å². The van der Waals surface area contributed by atoms with Crippen molar-refractivity contribution >= 4 is 0 Å². The van der Waals surface area contributed by atoms with Crippen molar-refractivity contribution in [2.75, 3.05) is 7.11 Å². The molecule has 0 saturated heterocycles. The molecule has 0 aliphatic heterocycles. The summed E-state index contributed by atoms with van der Waals surface area (Å²) in [6.45, 7) is 0. The smallest absolute Gasteiger partial charge is 0.170 e. The van der Waals surface area contributed by atoms with Gasteiger partial charge in [-0.05, 0) is 31.2 Å². The molecule has 0 saturated carbocycles. The molecule has 1 N–H and O–H groups in total. The topological polar surface area (TPSA) is 29.5 Å². The molecule has 2 rings (SSSR count). The van der Waals surface area contributed by atoms with Crippen molar-refractivity contribution in [3.63, 3.8) is 0 Å². The van der Waals surface area contributed by atoms with Crippen LogP contribution in [0.5, 0.6) is 5.75 Å². The minimum atomic E-state index is -0.755. The Balaban J connectivity index is 2.24. The van der Waals surface area contributed by atoms with Crippen LogP contribution in [0.15, 0.2) is 30.4 Å². The normalized spacial score (nSPS) is 21.2. The second-order valence-corrected chi connectivity index (χ2v) is 4.35. The van der Waals surface area contributed by atoms with Gasteiger partial charge in [-0.3, -0.25) is 0 Å². The van der Waals surface area contributed by atoms with Crippen LogP contribution in [0.2, 0.25) is 0 Å². The highest BCUT2D eigenvalue weighted by molar-refractivity contribution is 5.32. The Labute approximate surface area is 101 Å². The van der Waals surface area contributed by atoms with E-state index in [1.54, 1.807) is 18.2 Å². The molecule has 92 valence electrons. The predicted octanol–water partition coefficient (Wildman–Crippen LogP) is 3.22. The lowest BCUT2D eigenvalue weighted by atomic mass is 9.86. The molecule has 0 fully saturated rings. The zero-order chi connectivity index (χ0) is 12.3. The molecular formula is C14H17FO2. The van der Waals surface area contributed by atoms with Gasteiger partial charge in [0, 0.05) is 5.56 Å². The molecule has 0 aromatic heterocycles. The average Bonchev–Trinajstić information content (AvgIpc) is 2.39. The summed E-state index contributed by atoms with van der Waals surface area (Å²) in [6.07, 6.45) is 6.05. The maximum atomic E-state index is 14.0. The van der Waals surface area contributed by atoms with Crippen molar-refractivity contribution in [2.24, 2.45) is 5.92 Å². The van der Waals surface area contributed by atoms with Gasteiger partial charge in [-0.2, -0.15) is 0 Å². The Bertz CT molecular complexity index is 415. The molecule has 17 heavy (non-hydrogen) atoms. The molecule has 2 atom stereocenters. The van der Waals surface area contributed by atoms with E-state index >= 15 is 0 Å². The van der Waals surface area contributed by atoms with E-state index in [4.69, 9.17) is 4.74 Å². The molecule has 2 nitrogen and oxygen atoms in total. The molecular weight excluding hydrogens is 219 g/mol. The molecule has 1 aliphatic rings. The largest absolute Gasteiger partial charge is 0.494 e. The number of hydrogen-bond acceptors (Lipinski definition) is 2. The van der Waals surface area contributed by atoms with Crippen LogP contribution in [0.25, 0.3) is 0 Å². The maximum Gasteiger partial charge on any atom is 0.170 e. The number of ether oxygens (including phenoxy) is 1. The van der Waals surface area contributed by atoms with Crippen molar-refractivity contribution in [2.45, 2.75) is 25.4 Å². The van der Waals surface area contributed by atoms with Gasteiger partial charge < -0.3 is 9.84 Å². The lowest BCUT2D eigenvalue weighted by molar-refractivity contribution is 0.0982. The van der Waals surface area contributed by atoms with Gasteiger partial charge in [0.05, 0.1) is 13.2 Å². The van der Waals surface area contributed by atoms with E-state index in [1.165, 1.54) is 7.11 Å². The SMILES string of the molecule is COc1cccc(C(O)C2CC=CCC2)c1F. The standard InChI is InChI=1S/C14H17FO2/c1-17-12-9-5-8-11(13(12)15)14(16)10-6-3-2-4-7-10/h2-3,5,8-10,14,16H,4,6-7H2,1H3. The molecule has 0 amide bonds. The Morgan fingerprint density at radius 3 is 2.88 bits per heavy atom. The number of benzene rings is 1. The van der Waals surface area contributed by atoms with E-state index < -0.39 is 11.9 Å². The number of methoxy groups -OCH3 is 1. The summed E-state index contributed by atoms with van der Waals surface area (Å²) >= 11 is 0. The van der Waals surface area contributed by atoms with Crippen LogP contribution in [-0.2, 0) is 0 Å². The van der Waals surface area contributed by atoms with Crippen molar-refractivity contribution in [3.8, 4) is 5.75 Å². The predicted molar refractivity (Wildman–Crippen MR) is 64.4 cm³/mol. The zero-order valence-electron chi connectivity index (χ0n) is 9.90. The van der Waals surface area contributed by atoms with Crippen LogP contribution in [0.1, 0.15) is 30.9 Å². The van der Waals surface area contributed by atoms with Crippen LogP contribution >= 0.6 is 0 Å². The molecule has 1 aromatic rings. The summed E-state index contributed by atoms with van der Waals surface area (Å²) in [5.41, 5.74) is 0.338. The van der Waals surface area contributed by atoms with Crippen LogP contribution < -0.4 is 4.74 Å². The molecule has 3 heteroatoms. The zero-order valence-corrected chi connectivity index (χ0v) is 9.90. The first-order valence-electron chi connectivity index (χ1n) is 5.89. The summed E-state index contributed by atoms with van der Waals surface area (Å²) < 4.78 is 18.9. The Kier molecular flexibility index (Phi) is 3.79. The molecule has 2 unspecified atom stereocenters. The highest BCUT2D eigenvalue weighted by atomic mass is 19.1. The third-order valence-electron chi connectivity index (χ3n) is 3.29. The minimum Gasteiger partial charge on any atom is -0.494 e. The summed E-state index contributed by atoms with van der Waals surface area (Å²) in [7, 11) is 1.43. The number of allylic oxidation sites excluding steroid dienone is 2. The summed E-state index contributed by atoms with van der Waals surface area (Å²) in [4.78, 5) is 0. The number of rotatable bonds is 3.